The van der Waals surface area contributed by atoms with E-state index in [9.17, 15) is 23.2 Å². The van der Waals surface area contributed by atoms with Crippen molar-refractivity contribution in [1.82, 2.24) is 10.3 Å². The maximum Gasteiger partial charge on any atom is 0.416 e. The number of amides is 1. The van der Waals surface area contributed by atoms with Crippen LogP contribution >= 0.6 is 0 Å². The number of aromatic nitrogens is 1. The number of ether oxygens (including phenoxy) is 2. The molecule has 0 radical (unpaired) electrons. The molecular weight excluding hydrogens is 576 g/mol. The lowest BCUT2D eigenvalue weighted by molar-refractivity contribution is -0.137. The number of piperidine rings is 1. The molecule has 0 spiro atoms. The van der Waals surface area contributed by atoms with Gasteiger partial charge in [0.1, 0.15) is 29.9 Å². The molecule has 2 heterocycles. The third kappa shape index (κ3) is 6.44. The van der Waals surface area contributed by atoms with Gasteiger partial charge in [0, 0.05) is 24.8 Å². The number of anilines is 1. The van der Waals surface area contributed by atoms with Crippen LogP contribution in [0.15, 0.2) is 85.1 Å². The average molecular weight is 605 g/mol. The van der Waals surface area contributed by atoms with Crippen molar-refractivity contribution in [2.24, 2.45) is 0 Å². The molecule has 0 aliphatic carbocycles. The molecule has 44 heavy (non-hydrogen) atoms. The highest BCUT2D eigenvalue weighted by atomic mass is 19.4. The first-order chi connectivity index (χ1) is 21.1. The van der Waals surface area contributed by atoms with Crippen LogP contribution in [-0.2, 0) is 23.1 Å². The third-order valence-electron chi connectivity index (χ3n) is 7.71. The number of halogens is 4. The number of nitriles is 1. The number of benzene rings is 3. The Hall–Kier alpha value is -5.11. The minimum atomic E-state index is -4.59. The van der Waals surface area contributed by atoms with E-state index in [-0.39, 0.29) is 43.8 Å². The number of carbonyl (C=O) groups is 1. The monoisotopic (exact) mass is 604 g/mol. The summed E-state index contributed by atoms with van der Waals surface area (Å²) in [6.45, 7) is 0.509. The second kappa shape index (κ2) is 12.6. The summed E-state index contributed by atoms with van der Waals surface area (Å²) in [4.78, 5) is 19.3. The van der Waals surface area contributed by atoms with Crippen LogP contribution < -0.4 is 15.0 Å². The fourth-order valence-electron chi connectivity index (χ4n) is 5.39. The van der Waals surface area contributed by atoms with Gasteiger partial charge in [-0.25, -0.2) is 9.18 Å². The zero-order valence-electron chi connectivity index (χ0n) is 23.7. The average Bonchev–Trinajstić information content (AvgIpc) is 3.04. The standard InChI is InChI=1S/C33H28F4N4O3/c1-43-29-10-6-5-9-26(29)30-27(34)18-25(20-39-30)32(40-31(42)44-21-22-7-3-2-4-8-22)13-15-41(16-14-32)28-12-11-24(33(35,36)37)17-23(28)19-38/h2-12,17-18,20H,13-16,21H2,1H3,(H,40,42). The second-order valence-electron chi connectivity index (χ2n) is 10.4. The molecule has 1 aliphatic heterocycles. The zero-order valence-corrected chi connectivity index (χ0v) is 23.7. The van der Waals surface area contributed by atoms with Crippen molar-refractivity contribution in [3.05, 3.63) is 113 Å². The van der Waals surface area contributed by atoms with Crippen LogP contribution in [0.1, 0.15) is 35.1 Å². The van der Waals surface area contributed by atoms with E-state index in [4.69, 9.17) is 9.47 Å². The van der Waals surface area contributed by atoms with Gasteiger partial charge in [0.05, 0.1) is 29.5 Å². The van der Waals surface area contributed by atoms with E-state index in [1.54, 1.807) is 29.2 Å². The Bertz CT molecular complexity index is 1680. The van der Waals surface area contributed by atoms with Crippen LogP contribution in [0, 0.1) is 17.1 Å². The Balaban J connectivity index is 1.44. The highest BCUT2D eigenvalue weighted by molar-refractivity contribution is 5.70. The van der Waals surface area contributed by atoms with Crippen molar-refractivity contribution in [3.63, 3.8) is 0 Å². The molecule has 0 unspecified atom stereocenters. The maximum atomic E-state index is 15.7. The largest absolute Gasteiger partial charge is 0.496 e. The molecule has 1 fully saturated rings. The molecule has 5 rings (SSSR count). The lowest BCUT2D eigenvalue weighted by atomic mass is 9.81. The lowest BCUT2D eigenvalue weighted by Gasteiger charge is -2.43. The van der Waals surface area contributed by atoms with Crippen LogP contribution in [0.5, 0.6) is 5.75 Å². The lowest BCUT2D eigenvalue weighted by Crippen LogP contribution is -2.53. The van der Waals surface area contributed by atoms with E-state index in [0.29, 0.717) is 22.6 Å². The first-order valence-corrected chi connectivity index (χ1v) is 13.8. The normalized spacial score (nSPS) is 14.4. The minimum absolute atomic E-state index is 0.0192. The minimum Gasteiger partial charge on any atom is -0.496 e. The highest BCUT2D eigenvalue weighted by Crippen LogP contribution is 2.39. The van der Waals surface area contributed by atoms with E-state index >= 15 is 4.39 Å². The van der Waals surface area contributed by atoms with Gasteiger partial charge in [-0.2, -0.15) is 18.4 Å². The van der Waals surface area contributed by atoms with Crippen molar-refractivity contribution in [1.29, 1.82) is 5.26 Å². The molecule has 0 bridgehead atoms. The van der Waals surface area contributed by atoms with Gasteiger partial charge in [0.25, 0.3) is 0 Å². The van der Waals surface area contributed by atoms with Gasteiger partial charge in [0.2, 0.25) is 0 Å². The van der Waals surface area contributed by atoms with Crippen molar-refractivity contribution in [3.8, 4) is 23.1 Å². The van der Waals surface area contributed by atoms with Gasteiger partial charge in [0.15, 0.2) is 0 Å². The number of nitrogens with zero attached hydrogens (tertiary/aromatic N) is 3. The second-order valence-corrected chi connectivity index (χ2v) is 10.4. The van der Waals surface area contributed by atoms with Gasteiger partial charge in [-0.15, -0.1) is 0 Å². The fourth-order valence-corrected chi connectivity index (χ4v) is 5.39. The predicted molar refractivity (Wildman–Crippen MR) is 155 cm³/mol. The molecule has 7 nitrogen and oxygen atoms in total. The number of nitrogens with one attached hydrogen (secondary N) is 1. The summed E-state index contributed by atoms with van der Waals surface area (Å²) in [5.74, 6) is -0.176. The van der Waals surface area contributed by atoms with Crippen molar-refractivity contribution in [2.75, 3.05) is 25.1 Å². The summed E-state index contributed by atoms with van der Waals surface area (Å²) >= 11 is 0. The third-order valence-corrected chi connectivity index (χ3v) is 7.71. The van der Waals surface area contributed by atoms with E-state index < -0.39 is 29.2 Å². The Kier molecular flexibility index (Phi) is 8.71. The predicted octanol–water partition coefficient (Wildman–Crippen LogP) is 7.21. The van der Waals surface area contributed by atoms with E-state index in [2.05, 4.69) is 10.3 Å². The van der Waals surface area contributed by atoms with Crippen molar-refractivity contribution < 1.29 is 31.8 Å². The maximum absolute atomic E-state index is 15.7. The van der Waals surface area contributed by atoms with Gasteiger partial charge in [-0.05, 0) is 60.4 Å². The molecule has 11 heteroatoms. The van der Waals surface area contributed by atoms with Crippen LogP contribution in [0.4, 0.5) is 28.0 Å². The molecule has 0 atom stereocenters. The highest BCUT2D eigenvalue weighted by Gasteiger charge is 2.40. The number of methoxy groups -OCH3 is 1. The molecular formula is C33H28F4N4O3. The smallest absolute Gasteiger partial charge is 0.416 e. The summed E-state index contributed by atoms with van der Waals surface area (Å²) in [6, 6.07) is 22.2. The van der Waals surface area contributed by atoms with Crippen molar-refractivity contribution >= 4 is 11.8 Å². The van der Waals surface area contributed by atoms with Crippen LogP contribution in [0.3, 0.4) is 0 Å². The number of hydrogen-bond acceptors (Lipinski definition) is 6. The van der Waals surface area contributed by atoms with Gasteiger partial charge >= 0.3 is 12.3 Å². The SMILES string of the molecule is COc1ccccc1-c1ncc(C2(NC(=O)OCc3ccccc3)CCN(c3ccc(C(F)(F)F)cc3C#N)CC2)cc1F. The topological polar surface area (TPSA) is 87.5 Å². The first kappa shape index (κ1) is 30.4. The Morgan fingerprint density at radius 1 is 1.05 bits per heavy atom. The Labute approximate surface area is 251 Å². The Morgan fingerprint density at radius 3 is 2.41 bits per heavy atom. The number of alkyl halides is 3. The van der Waals surface area contributed by atoms with E-state index in [0.717, 1.165) is 17.7 Å². The summed E-state index contributed by atoms with van der Waals surface area (Å²) in [7, 11) is 1.48. The number of pyridine rings is 1. The van der Waals surface area contributed by atoms with E-state index in [1.807, 2.05) is 36.4 Å². The van der Waals surface area contributed by atoms with Crippen LogP contribution in [0.25, 0.3) is 11.3 Å². The molecule has 1 saturated heterocycles. The summed E-state index contributed by atoms with van der Waals surface area (Å²) in [5.41, 5.74) is -0.0736. The van der Waals surface area contributed by atoms with Gasteiger partial charge in [-0.1, -0.05) is 42.5 Å². The molecule has 1 N–H and O–H groups in total. The summed E-state index contributed by atoms with van der Waals surface area (Å²) < 4.78 is 66.3. The molecule has 3 aromatic carbocycles. The van der Waals surface area contributed by atoms with E-state index in [1.165, 1.54) is 25.4 Å². The first-order valence-electron chi connectivity index (χ1n) is 13.8. The fraction of sp³-hybridized carbons (Fsp3) is 0.242. The summed E-state index contributed by atoms with van der Waals surface area (Å²) in [5, 5.41) is 12.5. The molecule has 4 aromatic rings. The quantitative estimate of drug-likeness (QED) is 0.225. The molecule has 1 amide bonds. The summed E-state index contributed by atoms with van der Waals surface area (Å²) in [6.07, 6.45) is -3.35. The number of carbonyl (C=O) groups excluding carboxylic acids is 1. The van der Waals surface area contributed by atoms with Crippen LogP contribution in [0.2, 0.25) is 0 Å². The number of alkyl carbamates (subject to hydrolysis) is 1. The van der Waals surface area contributed by atoms with Crippen molar-refractivity contribution in [2.45, 2.75) is 31.2 Å². The molecule has 1 aromatic heterocycles. The van der Waals surface area contributed by atoms with Gasteiger partial charge < -0.3 is 19.7 Å². The zero-order chi connectivity index (χ0) is 31.3. The molecule has 226 valence electrons. The Morgan fingerprint density at radius 2 is 1.75 bits per heavy atom. The molecule has 1 aliphatic rings. The van der Waals surface area contributed by atoms with Gasteiger partial charge in [-0.3, -0.25) is 4.98 Å². The number of rotatable bonds is 7. The molecule has 0 saturated carbocycles. The van der Waals surface area contributed by atoms with Crippen LogP contribution in [-0.4, -0.2) is 31.3 Å². The number of para-hydroxylation sites is 1. The number of hydrogen-bond donors (Lipinski definition) is 1.